The Hall–Kier alpha value is -0.320. The molecule has 8 nitrogen and oxygen atoms in total. The van der Waals surface area contributed by atoms with Crippen LogP contribution in [0.25, 0.3) is 0 Å². The first kappa shape index (κ1) is 21.7. The van der Waals surface area contributed by atoms with E-state index in [1.807, 2.05) is 0 Å². The molecule has 0 spiro atoms. The maximum atomic E-state index is 6.21. The Kier molecular flexibility index (Phi) is 14.1. The fraction of sp³-hybridized carbons (Fsp3) is 1.00. The van der Waals surface area contributed by atoms with Gasteiger partial charge in [0, 0.05) is 64.4 Å². The van der Waals surface area contributed by atoms with Crippen molar-refractivity contribution in [3.63, 3.8) is 0 Å². The third kappa shape index (κ3) is 10.4. The van der Waals surface area contributed by atoms with Crippen LogP contribution in [0.15, 0.2) is 0 Å². The molecule has 0 aliphatic carbocycles. The van der Waals surface area contributed by atoms with E-state index in [1.54, 1.807) is 0 Å². The van der Waals surface area contributed by atoms with E-state index >= 15 is 0 Å². The lowest BCUT2D eigenvalue weighted by Gasteiger charge is -2.27. The molecule has 0 bridgehead atoms. The Morgan fingerprint density at radius 2 is 0.773 bits per heavy atom. The average Bonchev–Trinajstić information content (AvgIpc) is 2.50. The first-order valence-corrected chi connectivity index (χ1v) is 8.35. The second-order valence-electron chi connectivity index (χ2n) is 5.74. The molecule has 22 heavy (non-hydrogen) atoms. The first-order chi connectivity index (χ1) is 10.6. The highest BCUT2D eigenvalue weighted by atomic mass is 15.1. The number of hydrogen-bond donors (Lipinski definition) is 6. The third-order valence-corrected chi connectivity index (χ3v) is 3.89. The number of hydrogen-bond acceptors (Lipinski definition) is 8. The molecule has 12 N–H and O–H groups in total. The van der Waals surface area contributed by atoms with Crippen LogP contribution in [0, 0.1) is 0 Å². The Morgan fingerprint density at radius 3 is 1.00 bits per heavy atom. The lowest BCUT2D eigenvalue weighted by Crippen LogP contribution is -2.46. The minimum atomic E-state index is -0.0179. The summed E-state index contributed by atoms with van der Waals surface area (Å²) >= 11 is 0. The average molecular weight is 319 g/mol. The summed E-state index contributed by atoms with van der Waals surface area (Å²) in [5, 5.41) is 0. The molecular formula is C14H38N8. The van der Waals surface area contributed by atoms with Crippen LogP contribution in [0.3, 0.4) is 0 Å². The van der Waals surface area contributed by atoms with Gasteiger partial charge in [0.1, 0.15) is 0 Å². The summed E-state index contributed by atoms with van der Waals surface area (Å²) in [4.78, 5) is 4.48. The zero-order valence-corrected chi connectivity index (χ0v) is 14.0. The van der Waals surface area contributed by atoms with E-state index in [1.165, 1.54) is 0 Å². The Labute approximate surface area is 135 Å². The number of rotatable bonds is 15. The summed E-state index contributed by atoms with van der Waals surface area (Å²) in [6.45, 7) is 7.70. The first-order valence-electron chi connectivity index (χ1n) is 8.35. The molecule has 0 rings (SSSR count). The van der Waals surface area contributed by atoms with Crippen molar-refractivity contribution in [3.05, 3.63) is 0 Å². The smallest absolute Gasteiger partial charge is 0.0205 e. The van der Waals surface area contributed by atoms with Gasteiger partial charge in [-0.3, -0.25) is 0 Å². The maximum Gasteiger partial charge on any atom is 0.0205 e. The molecule has 0 fully saturated rings. The van der Waals surface area contributed by atoms with E-state index in [4.69, 9.17) is 34.4 Å². The highest BCUT2D eigenvalue weighted by Gasteiger charge is 2.16. The fourth-order valence-electron chi connectivity index (χ4n) is 2.49. The van der Waals surface area contributed by atoms with Crippen LogP contribution in [0.1, 0.15) is 12.8 Å². The van der Waals surface area contributed by atoms with Crippen molar-refractivity contribution in [2.45, 2.75) is 24.9 Å². The number of nitrogens with two attached hydrogens (primary N) is 6. The van der Waals surface area contributed by atoms with Crippen LogP contribution in [0.5, 0.6) is 0 Å². The van der Waals surface area contributed by atoms with Gasteiger partial charge in [-0.15, -0.1) is 0 Å². The molecule has 0 aromatic carbocycles. The molecule has 0 aliphatic heterocycles. The standard InChI is InChI=1S/C14H38N8/c15-3-9-21(10-4-16)7-1-13(19)14(20)2-8-22(11-5-17)12-6-18/h13-14H,1-12,15-20H2. The van der Waals surface area contributed by atoms with E-state index in [0.29, 0.717) is 26.2 Å². The van der Waals surface area contributed by atoms with Gasteiger partial charge < -0.3 is 44.2 Å². The SMILES string of the molecule is NCCN(CCN)CCC(N)C(N)CCN(CCN)CCN. The van der Waals surface area contributed by atoms with Crippen LogP contribution in [0.4, 0.5) is 0 Å². The molecule has 8 heteroatoms. The van der Waals surface area contributed by atoms with Gasteiger partial charge in [-0.25, -0.2) is 0 Å². The topological polar surface area (TPSA) is 163 Å². The summed E-state index contributed by atoms with van der Waals surface area (Å²) < 4.78 is 0. The molecule has 0 saturated heterocycles. The quantitative estimate of drug-likeness (QED) is 0.184. The maximum absolute atomic E-state index is 6.21. The van der Waals surface area contributed by atoms with E-state index in [-0.39, 0.29) is 12.1 Å². The van der Waals surface area contributed by atoms with Crippen LogP contribution >= 0.6 is 0 Å². The van der Waals surface area contributed by atoms with Gasteiger partial charge in [-0.1, -0.05) is 0 Å². The molecule has 0 aliphatic rings. The van der Waals surface area contributed by atoms with Gasteiger partial charge in [0.25, 0.3) is 0 Å². The van der Waals surface area contributed by atoms with Gasteiger partial charge in [0.2, 0.25) is 0 Å². The molecule has 0 amide bonds. The molecule has 0 radical (unpaired) electrons. The molecule has 134 valence electrons. The molecular weight excluding hydrogens is 280 g/mol. The molecule has 0 heterocycles. The Bertz CT molecular complexity index is 205. The fourth-order valence-corrected chi connectivity index (χ4v) is 2.49. The molecule has 0 aromatic heterocycles. The summed E-state index contributed by atoms with van der Waals surface area (Å²) in [6, 6.07) is -0.0358. The summed E-state index contributed by atoms with van der Waals surface area (Å²) in [7, 11) is 0. The van der Waals surface area contributed by atoms with E-state index in [9.17, 15) is 0 Å². The highest BCUT2D eigenvalue weighted by Crippen LogP contribution is 2.02. The van der Waals surface area contributed by atoms with Gasteiger partial charge in [0.05, 0.1) is 0 Å². The Morgan fingerprint density at radius 1 is 0.500 bits per heavy atom. The van der Waals surface area contributed by atoms with Crippen molar-refractivity contribution in [1.29, 1.82) is 0 Å². The lowest BCUT2D eigenvalue weighted by molar-refractivity contribution is 0.252. The molecule has 0 saturated carbocycles. The highest BCUT2D eigenvalue weighted by molar-refractivity contribution is 4.79. The van der Waals surface area contributed by atoms with E-state index < -0.39 is 0 Å². The van der Waals surface area contributed by atoms with Crippen molar-refractivity contribution >= 4 is 0 Å². The van der Waals surface area contributed by atoms with Crippen molar-refractivity contribution in [1.82, 2.24) is 9.80 Å². The van der Waals surface area contributed by atoms with Gasteiger partial charge in [-0.05, 0) is 25.9 Å². The minimum absolute atomic E-state index is 0.0179. The second-order valence-corrected chi connectivity index (χ2v) is 5.74. The van der Waals surface area contributed by atoms with E-state index in [0.717, 1.165) is 52.1 Å². The van der Waals surface area contributed by atoms with Crippen LogP contribution in [-0.2, 0) is 0 Å². The lowest BCUT2D eigenvalue weighted by atomic mass is 10.0. The van der Waals surface area contributed by atoms with Crippen LogP contribution in [-0.4, -0.2) is 87.3 Å². The minimum Gasteiger partial charge on any atom is -0.329 e. The summed E-state index contributed by atoms with van der Waals surface area (Å²) in [6.07, 6.45) is 1.71. The van der Waals surface area contributed by atoms with Crippen LogP contribution < -0.4 is 34.4 Å². The predicted molar refractivity (Wildman–Crippen MR) is 94.3 cm³/mol. The monoisotopic (exact) mass is 318 g/mol. The number of nitrogens with zero attached hydrogens (tertiary/aromatic N) is 2. The zero-order chi connectivity index (χ0) is 16.8. The zero-order valence-electron chi connectivity index (χ0n) is 14.0. The summed E-state index contributed by atoms with van der Waals surface area (Å²) in [5.41, 5.74) is 34.8. The van der Waals surface area contributed by atoms with Gasteiger partial charge in [-0.2, -0.15) is 0 Å². The van der Waals surface area contributed by atoms with Crippen molar-refractivity contribution in [3.8, 4) is 0 Å². The second kappa shape index (κ2) is 14.3. The van der Waals surface area contributed by atoms with Crippen molar-refractivity contribution in [2.75, 3.05) is 65.4 Å². The summed E-state index contributed by atoms with van der Waals surface area (Å²) in [5.74, 6) is 0. The third-order valence-electron chi connectivity index (χ3n) is 3.89. The normalized spacial score (nSPS) is 14.7. The van der Waals surface area contributed by atoms with Crippen molar-refractivity contribution in [2.24, 2.45) is 34.4 Å². The molecule has 0 aromatic rings. The van der Waals surface area contributed by atoms with Crippen molar-refractivity contribution < 1.29 is 0 Å². The van der Waals surface area contributed by atoms with Crippen LogP contribution in [0.2, 0.25) is 0 Å². The van der Waals surface area contributed by atoms with Gasteiger partial charge in [0.15, 0.2) is 0 Å². The molecule has 2 atom stereocenters. The predicted octanol–water partition coefficient (Wildman–Crippen LogP) is -3.14. The largest absolute Gasteiger partial charge is 0.329 e. The Balaban J connectivity index is 4.05. The molecule has 2 unspecified atom stereocenters. The van der Waals surface area contributed by atoms with E-state index in [2.05, 4.69) is 9.80 Å². The van der Waals surface area contributed by atoms with Gasteiger partial charge >= 0.3 is 0 Å².